The van der Waals surface area contributed by atoms with Crippen LogP contribution in [0, 0.1) is 0 Å². The number of alkyl halides is 3. The summed E-state index contributed by atoms with van der Waals surface area (Å²) in [5.41, 5.74) is -0.367. The third-order valence-electron chi connectivity index (χ3n) is 5.40. The molecule has 10 heteroatoms. The second-order valence-electron chi connectivity index (χ2n) is 8.29. The summed E-state index contributed by atoms with van der Waals surface area (Å²) in [6.07, 6.45) is -2.10. The topological polar surface area (TPSA) is 74.8 Å². The molecule has 1 aromatic heterocycles. The summed E-state index contributed by atoms with van der Waals surface area (Å²) < 4.78 is 44.3. The SMILES string of the molecule is CC(C)OCCCNC(=O)c1ccc(N2CCN(C(=O)c3cccc(C(F)(F)F)c3)CC2)nc1. The van der Waals surface area contributed by atoms with E-state index in [2.05, 4.69) is 10.3 Å². The van der Waals surface area contributed by atoms with Crippen LogP contribution in [0.1, 0.15) is 46.5 Å². The number of aromatic nitrogens is 1. The number of hydrogen-bond acceptors (Lipinski definition) is 5. The number of ether oxygens (including phenoxy) is 1. The summed E-state index contributed by atoms with van der Waals surface area (Å²) in [6, 6.07) is 7.92. The van der Waals surface area contributed by atoms with Crippen LogP contribution >= 0.6 is 0 Å². The van der Waals surface area contributed by atoms with E-state index in [1.54, 1.807) is 12.1 Å². The van der Waals surface area contributed by atoms with E-state index >= 15 is 0 Å². The van der Waals surface area contributed by atoms with Gasteiger partial charge in [-0.2, -0.15) is 13.2 Å². The van der Waals surface area contributed by atoms with E-state index in [-0.39, 0.29) is 17.6 Å². The van der Waals surface area contributed by atoms with Crippen molar-refractivity contribution in [1.29, 1.82) is 0 Å². The lowest BCUT2D eigenvalue weighted by Crippen LogP contribution is -2.49. The Kier molecular flexibility index (Phi) is 8.49. The largest absolute Gasteiger partial charge is 0.416 e. The summed E-state index contributed by atoms with van der Waals surface area (Å²) in [5, 5.41) is 2.83. The molecular weight excluding hydrogens is 449 g/mol. The lowest BCUT2D eigenvalue weighted by molar-refractivity contribution is -0.137. The normalized spacial score (nSPS) is 14.4. The number of nitrogens with zero attached hydrogens (tertiary/aromatic N) is 3. The van der Waals surface area contributed by atoms with Crippen LogP contribution in [0.4, 0.5) is 19.0 Å². The molecule has 2 heterocycles. The first kappa shape index (κ1) is 25.5. The summed E-state index contributed by atoms with van der Waals surface area (Å²) in [5.74, 6) is 0.0395. The van der Waals surface area contributed by atoms with Crippen LogP contribution < -0.4 is 10.2 Å². The smallest absolute Gasteiger partial charge is 0.379 e. The van der Waals surface area contributed by atoms with Gasteiger partial charge in [0, 0.05) is 51.1 Å². The van der Waals surface area contributed by atoms with E-state index in [0.29, 0.717) is 50.7 Å². The molecule has 1 fully saturated rings. The molecule has 1 N–H and O–H groups in total. The Labute approximate surface area is 196 Å². The van der Waals surface area contributed by atoms with Gasteiger partial charge in [-0.25, -0.2) is 4.98 Å². The third kappa shape index (κ3) is 6.93. The first-order chi connectivity index (χ1) is 16.1. The molecule has 0 radical (unpaired) electrons. The van der Waals surface area contributed by atoms with Crippen molar-refractivity contribution in [2.24, 2.45) is 0 Å². The van der Waals surface area contributed by atoms with Crippen LogP contribution in [-0.2, 0) is 10.9 Å². The maximum absolute atomic E-state index is 12.9. The molecule has 1 saturated heterocycles. The van der Waals surface area contributed by atoms with Crippen molar-refractivity contribution >= 4 is 17.6 Å². The van der Waals surface area contributed by atoms with Crippen LogP contribution in [0.15, 0.2) is 42.6 Å². The highest BCUT2D eigenvalue weighted by Gasteiger charge is 2.31. The molecule has 7 nitrogen and oxygen atoms in total. The summed E-state index contributed by atoms with van der Waals surface area (Å²) in [6.45, 7) is 6.69. The Hall–Kier alpha value is -3.14. The van der Waals surface area contributed by atoms with Crippen LogP contribution in [0.5, 0.6) is 0 Å². The fraction of sp³-hybridized carbons (Fsp3) is 0.458. The van der Waals surface area contributed by atoms with Crippen LogP contribution in [0.3, 0.4) is 0 Å². The molecule has 2 amide bonds. The number of anilines is 1. The average Bonchev–Trinajstić information content (AvgIpc) is 2.83. The molecule has 0 aliphatic carbocycles. The number of benzene rings is 1. The van der Waals surface area contributed by atoms with Crippen molar-refractivity contribution in [2.45, 2.75) is 32.5 Å². The van der Waals surface area contributed by atoms with Crippen molar-refractivity contribution in [3.05, 3.63) is 59.3 Å². The van der Waals surface area contributed by atoms with Gasteiger partial charge >= 0.3 is 6.18 Å². The number of amides is 2. The molecule has 0 atom stereocenters. The minimum absolute atomic E-state index is 0.0209. The summed E-state index contributed by atoms with van der Waals surface area (Å²) in [7, 11) is 0. The molecule has 0 unspecified atom stereocenters. The van der Waals surface area contributed by atoms with E-state index in [9.17, 15) is 22.8 Å². The molecule has 2 aromatic rings. The van der Waals surface area contributed by atoms with Crippen LogP contribution in [0.25, 0.3) is 0 Å². The van der Waals surface area contributed by atoms with E-state index in [1.807, 2.05) is 18.7 Å². The molecule has 1 aromatic carbocycles. The highest BCUT2D eigenvalue weighted by Crippen LogP contribution is 2.30. The summed E-state index contributed by atoms with van der Waals surface area (Å²) in [4.78, 5) is 32.8. The highest BCUT2D eigenvalue weighted by atomic mass is 19.4. The van der Waals surface area contributed by atoms with E-state index in [0.717, 1.165) is 18.6 Å². The zero-order chi connectivity index (χ0) is 24.7. The second kappa shape index (κ2) is 11.3. The van der Waals surface area contributed by atoms with Crippen LogP contribution in [0.2, 0.25) is 0 Å². The van der Waals surface area contributed by atoms with E-state index in [1.165, 1.54) is 23.2 Å². The molecule has 0 spiro atoms. The van der Waals surface area contributed by atoms with Crippen molar-refractivity contribution in [3.8, 4) is 0 Å². The first-order valence-electron chi connectivity index (χ1n) is 11.2. The maximum atomic E-state index is 12.9. The number of piperazine rings is 1. The Balaban J connectivity index is 1.49. The predicted molar refractivity (Wildman–Crippen MR) is 122 cm³/mol. The van der Waals surface area contributed by atoms with Crippen molar-refractivity contribution in [2.75, 3.05) is 44.2 Å². The second-order valence-corrected chi connectivity index (χ2v) is 8.29. The number of rotatable bonds is 8. The predicted octanol–water partition coefficient (Wildman–Crippen LogP) is 3.61. The number of carbonyl (C=O) groups excluding carboxylic acids is 2. The van der Waals surface area contributed by atoms with Crippen molar-refractivity contribution < 1.29 is 27.5 Å². The Bertz CT molecular complexity index is 972. The Morgan fingerprint density at radius 1 is 1.09 bits per heavy atom. The lowest BCUT2D eigenvalue weighted by atomic mass is 10.1. The van der Waals surface area contributed by atoms with E-state index < -0.39 is 17.6 Å². The van der Waals surface area contributed by atoms with E-state index in [4.69, 9.17) is 4.74 Å². The van der Waals surface area contributed by atoms with Gasteiger partial charge in [0.1, 0.15) is 5.82 Å². The zero-order valence-electron chi connectivity index (χ0n) is 19.3. The minimum Gasteiger partial charge on any atom is -0.379 e. The van der Waals surface area contributed by atoms with Crippen LogP contribution in [-0.4, -0.2) is 67.1 Å². The monoisotopic (exact) mass is 478 g/mol. The number of nitrogens with one attached hydrogen (secondary N) is 1. The van der Waals surface area contributed by atoms with Gasteiger partial charge in [-0.3, -0.25) is 9.59 Å². The fourth-order valence-electron chi connectivity index (χ4n) is 3.55. The van der Waals surface area contributed by atoms with Gasteiger partial charge in [0.25, 0.3) is 11.8 Å². The van der Waals surface area contributed by atoms with Gasteiger partial charge in [-0.1, -0.05) is 6.07 Å². The molecule has 1 aliphatic rings. The highest BCUT2D eigenvalue weighted by molar-refractivity contribution is 5.95. The number of pyridine rings is 1. The van der Waals surface area contributed by atoms with Crippen molar-refractivity contribution in [3.63, 3.8) is 0 Å². The standard InChI is InChI=1S/C24H29F3N4O3/c1-17(2)34-14-4-9-28-22(32)19-7-8-21(29-16-19)30-10-12-31(13-11-30)23(33)18-5-3-6-20(15-18)24(25,26)27/h3,5-8,15-17H,4,9-14H2,1-2H3,(H,28,32). The van der Waals surface area contributed by atoms with Gasteiger partial charge in [0.05, 0.1) is 17.2 Å². The third-order valence-corrected chi connectivity index (χ3v) is 5.40. The van der Waals surface area contributed by atoms with Gasteiger partial charge in [0.2, 0.25) is 0 Å². The average molecular weight is 479 g/mol. The fourth-order valence-corrected chi connectivity index (χ4v) is 3.55. The zero-order valence-corrected chi connectivity index (χ0v) is 19.3. The van der Waals surface area contributed by atoms with Gasteiger partial charge in [-0.05, 0) is 50.6 Å². The number of hydrogen-bond donors (Lipinski definition) is 1. The molecule has 3 rings (SSSR count). The molecule has 0 saturated carbocycles. The lowest BCUT2D eigenvalue weighted by Gasteiger charge is -2.35. The maximum Gasteiger partial charge on any atom is 0.416 e. The number of carbonyl (C=O) groups is 2. The quantitative estimate of drug-likeness (QED) is 0.587. The molecule has 184 valence electrons. The molecule has 0 bridgehead atoms. The molecule has 34 heavy (non-hydrogen) atoms. The summed E-state index contributed by atoms with van der Waals surface area (Å²) >= 11 is 0. The Morgan fingerprint density at radius 2 is 1.82 bits per heavy atom. The van der Waals surface area contributed by atoms with Gasteiger partial charge < -0.3 is 19.9 Å². The Morgan fingerprint density at radius 3 is 2.44 bits per heavy atom. The number of halogens is 3. The first-order valence-corrected chi connectivity index (χ1v) is 11.2. The minimum atomic E-state index is -4.49. The van der Waals surface area contributed by atoms with Crippen molar-refractivity contribution in [1.82, 2.24) is 15.2 Å². The van der Waals surface area contributed by atoms with Gasteiger partial charge in [0.15, 0.2) is 0 Å². The molecule has 1 aliphatic heterocycles. The van der Waals surface area contributed by atoms with Gasteiger partial charge in [-0.15, -0.1) is 0 Å². The molecular formula is C24H29F3N4O3.